The largest absolute Gasteiger partial charge is 0.573 e. The molecule has 0 heterocycles. The van der Waals surface area contributed by atoms with Crippen LogP contribution in [0.1, 0.15) is 0 Å². The van der Waals surface area contributed by atoms with E-state index in [0.717, 1.165) is 5.39 Å². The average molecular weight is 338 g/mol. The zero-order valence-electron chi connectivity index (χ0n) is 7.88. The summed E-state index contributed by atoms with van der Waals surface area (Å²) in [5.41, 5.74) is 0. The maximum absolute atomic E-state index is 12.2. The minimum atomic E-state index is -4.66. The number of fused-ring (bicyclic) bond motifs is 1. The Morgan fingerprint density at radius 3 is 2.38 bits per heavy atom. The first-order valence-corrected chi connectivity index (χ1v) is 5.48. The Hall–Kier alpha value is -0.980. The maximum Gasteiger partial charge on any atom is 0.573 e. The number of benzene rings is 2. The van der Waals surface area contributed by atoms with E-state index in [4.69, 9.17) is 0 Å². The van der Waals surface area contributed by atoms with Crippen LogP contribution in [0.15, 0.2) is 36.4 Å². The predicted molar refractivity (Wildman–Crippen MR) is 63.3 cm³/mol. The number of halogens is 4. The standard InChI is InChI=1S/C11H6F3IO/c12-11(13,14)16-10-8-4-2-1-3-7(8)5-6-9(10)15/h1-6H. The number of ether oxygens (including phenoxy) is 1. The van der Waals surface area contributed by atoms with Crippen molar-refractivity contribution in [3.63, 3.8) is 0 Å². The fourth-order valence-electron chi connectivity index (χ4n) is 1.44. The predicted octanol–water partition coefficient (Wildman–Crippen LogP) is 4.34. The van der Waals surface area contributed by atoms with Gasteiger partial charge in [0.2, 0.25) is 0 Å². The summed E-state index contributed by atoms with van der Waals surface area (Å²) in [4.78, 5) is 0. The quantitative estimate of drug-likeness (QED) is 0.703. The third kappa shape index (κ3) is 2.40. The van der Waals surface area contributed by atoms with Gasteiger partial charge in [-0.2, -0.15) is 0 Å². The lowest BCUT2D eigenvalue weighted by atomic mass is 10.1. The van der Waals surface area contributed by atoms with Gasteiger partial charge in [0, 0.05) is 5.39 Å². The van der Waals surface area contributed by atoms with Gasteiger partial charge in [-0.3, -0.25) is 0 Å². The Bertz CT molecular complexity index is 522. The zero-order chi connectivity index (χ0) is 11.8. The van der Waals surface area contributed by atoms with Crippen LogP contribution in [-0.2, 0) is 0 Å². The summed E-state index contributed by atoms with van der Waals surface area (Å²) in [7, 11) is 0. The molecule has 0 aliphatic carbocycles. The molecule has 2 rings (SSSR count). The monoisotopic (exact) mass is 338 g/mol. The molecule has 0 amide bonds. The fraction of sp³-hybridized carbons (Fsp3) is 0.0909. The highest BCUT2D eigenvalue weighted by atomic mass is 127. The van der Waals surface area contributed by atoms with Crippen molar-refractivity contribution in [1.82, 2.24) is 0 Å². The molecule has 1 nitrogen and oxygen atoms in total. The molecule has 0 unspecified atom stereocenters. The summed E-state index contributed by atoms with van der Waals surface area (Å²) < 4.78 is 41.1. The van der Waals surface area contributed by atoms with Crippen molar-refractivity contribution >= 4 is 33.4 Å². The van der Waals surface area contributed by atoms with E-state index in [2.05, 4.69) is 4.74 Å². The third-order valence-electron chi connectivity index (χ3n) is 2.05. The summed E-state index contributed by atoms with van der Waals surface area (Å²) >= 11 is 1.82. The van der Waals surface area contributed by atoms with E-state index in [9.17, 15) is 13.2 Å². The van der Waals surface area contributed by atoms with Crippen molar-refractivity contribution in [2.24, 2.45) is 0 Å². The highest BCUT2D eigenvalue weighted by Crippen LogP contribution is 2.34. The van der Waals surface area contributed by atoms with Gasteiger partial charge in [0.1, 0.15) is 0 Å². The van der Waals surface area contributed by atoms with Crippen LogP contribution in [0.2, 0.25) is 0 Å². The fourth-order valence-corrected chi connectivity index (χ4v) is 2.02. The first-order chi connectivity index (χ1) is 7.47. The summed E-state index contributed by atoms with van der Waals surface area (Å²) in [5, 5.41) is 1.19. The molecule has 5 heteroatoms. The van der Waals surface area contributed by atoms with Crippen LogP contribution in [-0.4, -0.2) is 6.36 Å². The Morgan fingerprint density at radius 1 is 1.00 bits per heavy atom. The molecule has 0 radical (unpaired) electrons. The van der Waals surface area contributed by atoms with Gasteiger partial charge < -0.3 is 4.74 Å². The first-order valence-electron chi connectivity index (χ1n) is 4.40. The lowest BCUT2D eigenvalue weighted by Gasteiger charge is -2.12. The molecule has 16 heavy (non-hydrogen) atoms. The second-order valence-electron chi connectivity index (χ2n) is 3.15. The Kier molecular flexibility index (Phi) is 2.96. The van der Waals surface area contributed by atoms with Gasteiger partial charge in [0.05, 0.1) is 3.57 Å². The number of hydrogen-bond donors (Lipinski definition) is 0. The Morgan fingerprint density at radius 2 is 1.69 bits per heavy atom. The lowest BCUT2D eigenvalue weighted by Crippen LogP contribution is -2.18. The second-order valence-corrected chi connectivity index (χ2v) is 4.31. The Labute approximate surface area is 103 Å². The smallest absolute Gasteiger partial charge is 0.404 e. The minimum Gasteiger partial charge on any atom is -0.404 e. The normalized spacial score (nSPS) is 11.8. The minimum absolute atomic E-state index is 0.133. The topological polar surface area (TPSA) is 9.23 Å². The van der Waals surface area contributed by atoms with E-state index < -0.39 is 6.36 Å². The molecule has 0 spiro atoms. The molecule has 2 aromatic carbocycles. The van der Waals surface area contributed by atoms with Crippen LogP contribution in [0.25, 0.3) is 10.8 Å². The van der Waals surface area contributed by atoms with Crippen molar-refractivity contribution in [2.45, 2.75) is 6.36 Å². The van der Waals surface area contributed by atoms with Gasteiger partial charge in [-0.1, -0.05) is 30.3 Å². The van der Waals surface area contributed by atoms with E-state index in [1.165, 1.54) is 0 Å². The van der Waals surface area contributed by atoms with Crippen molar-refractivity contribution < 1.29 is 17.9 Å². The third-order valence-corrected chi connectivity index (χ3v) is 2.90. The first kappa shape index (κ1) is 11.5. The summed E-state index contributed by atoms with van der Waals surface area (Å²) in [6.45, 7) is 0. The van der Waals surface area contributed by atoms with Gasteiger partial charge in [-0.25, -0.2) is 0 Å². The van der Waals surface area contributed by atoms with Gasteiger partial charge >= 0.3 is 6.36 Å². The molecule has 2 aromatic rings. The lowest BCUT2D eigenvalue weighted by molar-refractivity contribution is -0.274. The molecule has 0 aromatic heterocycles. The molecule has 84 valence electrons. The highest BCUT2D eigenvalue weighted by Gasteiger charge is 2.32. The second kappa shape index (κ2) is 4.12. The highest BCUT2D eigenvalue weighted by molar-refractivity contribution is 14.1. The van der Waals surface area contributed by atoms with Crippen LogP contribution in [0.3, 0.4) is 0 Å². The molecule has 0 saturated carbocycles. The van der Waals surface area contributed by atoms with Gasteiger partial charge in [-0.15, -0.1) is 13.2 Å². The van der Waals surface area contributed by atoms with E-state index in [-0.39, 0.29) is 5.75 Å². The van der Waals surface area contributed by atoms with Crippen molar-refractivity contribution in [3.8, 4) is 5.75 Å². The zero-order valence-corrected chi connectivity index (χ0v) is 10.0. The molecular weight excluding hydrogens is 332 g/mol. The van der Waals surface area contributed by atoms with Crippen LogP contribution < -0.4 is 4.74 Å². The van der Waals surface area contributed by atoms with Crippen LogP contribution >= 0.6 is 22.6 Å². The SMILES string of the molecule is FC(F)(F)Oc1c(I)ccc2ccccc12. The number of hydrogen-bond acceptors (Lipinski definition) is 1. The molecular formula is C11H6F3IO. The maximum atomic E-state index is 12.2. The van der Waals surface area contributed by atoms with Crippen molar-refractivity contribution in [3.05, 3.63) is 40.0 Å². The van der Waals surface area contributed by atoms with Crippen LogP contribution in [0.5, 0.6) is 5.75 Å². The van der Waals surface area contributed by atoms with E-state index in [1.54, 1.807) is 36.4 Å². The van der Waals surface area contributed by atoms with Crippen LogP contribution in [0.4, 0.5) is 13.2 Å². The Balaban J connectivity index is 2.62. The number of alkyl halides is 3. The molecule has 0 saturated heterocycles. The van der Waals surface area contributed by atoms with Crippen molar-refractivity contribution in [1.29, 1.82) is 0 Å². The molecule has 0 atom stereocenters. The van der Waals surface area contributed by atoms with Gasteiger partial charge in [0.15, 0.2) is 5.75 Å². The average Bonchev–Trinajstić information content (AvgIpc) is 2.21. The van der Waals surface area contributed by atoms with Gasteiger partial charge in [0.25, 0.3) is 0 Å². The molecule has 0 bridgehead atoms. The molecule has 0 aliphatic heterocycles. The summed E-state index contributed by atoms with van der Waals surface area (Å²) in [5.74, 6) is -0.133. The summed E-state index contributed by atoms with van der Waals surface area (Å²) in [6.07, 6.45) is -4.66. The summed E-state index contributed by atoms with van der Waals surface area (Å²) in [6, 6.07) is 10.2. The van der Waals surface area contributed by atoms with E-state index >= 15 is 0 Å². The van der Waals surface area contributed by atoms with Gasteiger partial charge in [-0.05, 0) is 34.0 Å². The molecule has 0 aliphatic rings. The molecule has 0 fully saturated rings. The van der Waals surface area contributed by atoms with E-state index in [1.807, 2.05) is 22.6 Å². The molecule has 0 N–H and O–H groups in total. The van der Waals surface area contributed by atoms with Crippen molar-refractivity contribution in [2.75, 3.05) is 0 Å². The van der Waals surface area contributed by atoms with E-state index in [0.29, 0.717) is 8.96 Å². The van der Waals surface area contributed by atoms with Crippen LogP contribution in [0, 0.1) is 3.57 Å². The number of rotatable bonds is 1.